The quantitative estimate of drug-likeness (QED) is 0.867. The first kappa shape index (κ1) is 14.5. The summed E-state index contributed by atoms with van der Waals surface area (Å²) in [7, 11) is 1.73. The molecule has 0 radical (unpaired) electrons. The Morgan fingerprint density at radius 3 is 2.65 bits per heavy atom. The molecule has 0 saturated heterocycles. The van der Waals surface area contributed by atoms with Crippen LogP contribution in [-0.2, 0) is 4.74 Å². The van der Waals surface area contributed by atoms with Crippen LogP contribution in [0.4, 0.5) is 0 Å². The maximum absolute atomic E-state index is 6.26. The minimum atomic E-state index is -0.131. The van der Waals surface area contributed by atoms with Gasteiger partial charge in [0.15, 0.2) is 0 Å². The van der Waals surface area contributed by atoms with Gasteiger partial charge in [0.2, 0.25) is 0 Å². The standard InChI is InChI=1S/C14H22ClNO/c1-10-6-5-7-11(13(10)15)12(16)8-9-14(2,3)17-4/h5-7,12H,8-9,16H2,1-4H3. The minimum absolute atomic E-state index is 0.0307. The van der Waals surface area contributed by atoms with Crippen molar-refractivity contribution >= 4 is 11.6 Å². The number of benzene rings is 1. The highest BCUT2D eigenvalue weighted by atomic mass is 35.5. The monoisotopic (exact) mass is 255 g/mol. The first-order valence-electron chi connectivity index (χ1n) is 5.93. The van der Waals surface area contributed by atoms with E-state index < -0.39 is 0 Å². The molecule has 1 atom stereocenters. The third-order valence-electron chi connectivity index (χ3n) is 3.23. The molecule has 2 N–H and O–H groups in total. The molecule has 0 heterocycles. The number of nitrogens with two attached hydrogens (primary N) is 1. The van der Waals surface area contributed by atoms with E-state index in [0.29, 0.717) is 0 Å². The largest absolute Gasteiger partial charge is 0.379 e. The Kier molecular flexibility index (Phi) is 4.99. The van der Waals surface area contributed by atoms with Gasteiger partial charge in [0.25, 0.3) is 0 Å². The lowest BCUT2D eigenvalue weighted by atomic mass is 9.95. The van der Waals surface area contributed by atoms with Gasteiger partial charge in [-0.3, -0.25) is 0 Å². The number of hydrogen-bond acceptors (Lipinski definition) is 2. The summed E-state index contributed by atoms with van der Waals surface area (Å²) in [5.41, 5.74) is 8.16. The molecule has 0 fully saturated rings. The molecule has 0 aliphatic heterocycles. The topological polar surface area (TPSA) is 35.2 Å². The van der Waals surface area contributed by atoms with Crippen molar-refractivity contribution in [3.05, 3.63) is 34.3 Å². The van der Waals surface area contributed by atoms with Crippen molar-refractivity contribution in [2.24, 2.45) is 5.73 Å². The lowest BCUT2D eigenvalue weighted by Gasteiger charge is -2.25. The summed E-state index contributed by atoms with van der Waals surface area (Å²) in [5, 5.41) is 0.787. The van der Waals surface area contributed by atoms with Gasteiger partial charge in [-0.05, 0) is 44.7 Å². The van der Waals surface area contributed by atoms with Crippen LogP contribution in [0, 0.1) is 6.92 Å². The smallest absolute Gasteiger partial charge is 0.0623 e. The van der Waals surface area contributed by atoms with Crippen LogP contribution in [0.15, 0.2) is 18.2 Å². The summed E-state index contributed by atoms with van der Waals surface area (Å²) >= 11 is 6.26. The van der Waals surface area contributed by atoms with E-state index in [1.807, 2.05) is 25.1 Å². The van der Waals surface area contributed by atoms with Gasteiger partial charge >= 0.3 is 0 Å². The second kappa shape index (κ2) is 5.85. The third-order valence-corrected chi connectivity index (χ3v) is 3.75. The Hall–Kier alpha value is -0.570. The van der Waals surface area contributed by atoms with Gasteiger partial charge in [-0.1, -0.05) is 29.8 Å². The number of halogens is 1. The van der Waals surface area contributed by atoms with E-state index in [2.05, 4.69) is 13.8 Å². The normalized spacial score (nSPS) is 13.8. The fourth-order valence-corrected chi connectivity index (χ4v) is 1.98. The molecule has 17 heavy (non-hydrogen) atoms. The Morgan fingerprint density at radius 2 is 2.06 bits per heavy atom. The molecular formula is C14H22ClNO. The van der Waals surface area contributed by atoms with Crippen LogP contribution < -0.4 is 5.73 Å². The highest BCUT2D eigenvalue weighted by molar-refractivity contribution is 6.32. The average Bonchev–Trinajstić information content (AvgIpc) is 2.30. The zero-order valence-electron chi connectivity index (χ0n) is 11.1. The van der Waals surface area contributed by atoms with Gasteiger partial charge in [0.1, 0.15) is 0 Å². The van der Waals surface area contributed by atoms with Crippen molar-refractivity contribution in [1.29, 1.82) is 0 Å². The van der Waals surface area contributed by atoms with Crippen LogP contribution in [0.1, 0.15) is 43.9 Å². The first-order chi connectivity index (χ1) is 7.87. The van der Waals surface area contributed by atoms with E-state index in [1.54, 1.807) is 7.11 Å². The molecule has 0 aliphatic rings. The molecule has 0 aromatic heterocycles. The highest BCUT2D eigenvalue weighted by Crippen LogP contribution is 2.29. The van der Waals surface area contributed by atoms with Crippen LogP contribution in [0.5, 0.6) is 0 Å². The molecule has 0 bridgehead atoms. The highest BCUT2D eigenvalue weighted by Gasteiger charge is 2.19. The number of ether oxygens (including phenoxy) is 1. The van der Waals surface area contributed by atoms with Crippen LogP contribution in [-0.4, -0.2) is 12.7 Å². The van der Waals surface area contributed by atoms with Crippen molar-refractivity contribution in [1.82, 2.24) is 0 Å². The van der Waals surface area contributed by atoms with Gasteiger partial charge in [0.05, 0.1) is 5.60 Å². The van der Waals surface area contributed by atoms with E-state index in [1.165, 1.54) is 0 Å². The Labute approximate surface area is 109 Å². The van der Waals surface area contributed by atoms with Gasteiger partial charge in [0, 0.05) is 18.2 Å². The Balaban J connectivity index is 2.71. The molecule has 0 aliphatic carbocycles. The van der Waals surface area contributed by atoms with E-state index in [9.17, 15) is 0 Å². The van der Waals surface area contributed by atoms with Crippen molar-refractivity contribution in [3.63, 3.8) is 0 Å². The van der Waals surface area contributed by atoms with Gasteiger partial charge in [-0.25, -0.2) is 0 Å². The van der Waals surface area contributed by atoms with E-state index in [0.717, 1.165) is 29.0 Å². The molecule has 1 rings (SSSR count). The molecule has 1 aromatic rings. The minimum Gasteiger partial charge on any atom is -0.379 e. The number of aryl methyl sites for hydroxylation is 1. The molecule has 0 spiro atoms. The molecule has 2 nitrogen and oxygen atoms in total. The summed E-state index contributed by atoms with van der Waals surface area (Å²) in [4.78, 5) is 0. The molecule has 1 unspecified atom stereocenters. The van der Waals surface area contributed by atoms with Crippen molar-refractivity contribution in [2.45, 2.75) is 45.3 Å². The van der Waals surface area contributed by atoms with Crippen LogP contribution >= 0.6 is 11.6 Å². The van der Waals surface area contributed by atoms with Crippen LogP contribution in [0.3, 0.4) is 0 Å². The zero-order chi connectivity index (χ0) is 13.1. The molecule has 0 saturated carbocycles. The molecule has 96 valence electrons. The maximum atomic E-state index is 6.26. The Morgan fingerprint density at radius 1 is 1.41 bits per heavy atom. The number of methoxy groups -OCH3 is 1. The van der Waals surface area contributed by atoms with Crippen molar-refractivity contribution in [2.75, 3.05) is 7.11 Å². The van der Waals surface area contributed by atoms with Gasteiger partial charge < -0.3 is 10.5 Å². The van der Waals surface area contributed by atoms with Crippen LogP contribution in [0.2, 0.25) is 5.02 Å². The average molecular weight is 256 g/mol. The Bertz CT molecular complexity index is 376. The third kappa shape index (κ3) is 3.98. The van der Waals surface area contributed by atoms with Crippen molar-refractivity contribution < 1.29 is 4.74 Å². The predicted octanol–water partition coefficient (Wildman–Crippen LogP) is 3.85. The summed E-state index contributed by atoms with van der Waals surface area (Å²) in [6.45, 7) is 6.13. The van der Waals surface area contributed by atoms with Gasteiger partial charge in [-0.2, -0.15) is 0 Å². The summed E-state index contributed by atoms with van der Waals surface area (Å²) < 4.78 is 5.39. The maximum Gasteiger partial charge on any atom is 0.0623 e. The molecule has 3 heteroatoms. The number of rotatable bonds is 5. The molecule has 1 aromatic carbocycles. The van der Waals surface area contributed by atoms with E-state index in [-0.39, 0.29) is 11.6 Å². The summed E-state index contributed by atoms with van der Waals surface area (Å²) in [6, 6.07) is 5.96. The van der Waals surface area contributed by atoms with Gasteiger partial charge in [-0.15, -0.1) is 0 Å². The van der Waals surface area contributed by atoms with E-state index in [4.69, 9.17) is 22.1 Å². The molecular weight excluding hydrogens is 234 g/mol. The fraction of sp³-hybridized carbons (Fsp3) is 0.571. The lowest BCUT2D eigenvalue weighted by Crippen LogP contribution is -2.24. The zero-order valence-corrected chi connectivity index (χ0v) is 11.8. The first-order valence-corrected chi connectivity index (χ1v) is 6.31. The second-order valence-corrected chi connectivity index (χ2v) is 5.47. The van der Waals surface area contributed by atoms with Crippen LogP contribution in [0.25, 0.3) is 0 Å². The fourth-order valence-electron chi connectivity index (χ4n) is 1.72. The van der Waals surface area contributed by atoms with Crippen molar-refractivity contribution in [3.8, 4) is 0 Å². The second-order valence-electron chi connectivity index (χ2n) is 5.09. The predicted molar refractivity (Wildman–Crippen MR) is 73.4 cm³/mol. The molecule has 0 amide bonds. The number of hydrogen-bond donors (Lipinski definition) is 1. The SMILES string of the molecule is COC(C)(C)CCC(N)c1cccc(C)c1Cl. The lowest BCUT2D eigenvalue weighted by molar-refractivity contribution is 0.0125. The summed E-state index contributed by atoms with van der Waals surface area (Å²) in [5.74, 6) is 0. The summed E-state index contributed by atoms with van der Waals surface area (Å²) in [6.07, 6.45) is 1.78. The van der Waals surface area contributed by atoms with E-state index >= 15 is 0 Å².